The second-order valence-corrected chi connectivity index (χ2v) is 5.91. The van der Waals surface area contributed by atoms with Crippen molar-refractivity contribution in [2.24, 2.45) is 5.73 Å². The molecule has 0 spiro atoms. The molecule has 1 atom stereocenters. The van der Waals surface area contributed by atoms with E-state index < -0.39 is 0 Å². The largest absolute Gasteiger partial charge is 0.377 e. The summed E-state index contributed by atoms with van der Waals surface area (Å²) in [4.78, 5) is 0. The first-order valence-electron chi connectivity index (χ1n) is 7.00. The number of hydrogen-bond donors (Lipinski definition) is 2. The Labute approximate surface area is 130 Å². The fraction of sp³-hybridized carbons (Fsp3) is 0.294. The van der Waals surface area contributed by atoms with E-state index in [4.69, 9.17) is 17.3 Å². The van der Waals surface area contributed by atoms with Gasteiger partial charge in [-0.1, -0.05) is 41.9 Å². The molecular formula is C17H20ClFN2. The quantitative estimate of drug-likeness (QED) is 0.837. The summed E-state index contributed by atoms with van der Waals surface area (Å²) >= 11 is 6.11. The van der Waals surface area contributed by atoms with Crippen LogP contribution in [0.15, 0.2) is 48.5 Å². The van der Waals surface area contributed by atoms with Crippen LogP contribution in [0.25, 0.3) is 0 Å². The fourth-order valence-electron chi connectivity index (χ4n) is 2.20. The normalized spacial score (nSPS) is 13.7. The number of benzene rings is 2. The van der Waals surface area contributed by atoms with Gasteiger partial charge in [-0.2, -0.15) is 0 Å². The van der Waals surface area contributed by atoms with Crippen LogP contribution >= 0.6 is 11.6 Å². The van der Waals surface area contributed by atoms with E-state index >= 15 is 0 Å². The second kappa shape index (κ2) is 6.92. The number of nitrogens with two attached hydrogens (primary N) is 1. The Balaban J connectivity index is 2.08. The Morgan fingerprint density at radius 1 is 1.19 bits per heavy atom. The van der Waals surface area contributed by atoms with Gasteiger partial charge in [0.1, 0.15) is 5.82 Å². The molecule has 2 nitrogen and oxygen atoms in total. The summed E-state index contributed by atoms with van der Waals surface area (Å²) in [7, 11) is 0. The van der Waals surface area contributed by atoms with E-state index in [-0.39, 0.29) is 11.4 Å². The first-order valence-corrected chi connectivity index (χ1v) is 7.37. The summed E-state index contributed by atoms with van der Waals surface area (Å²) in [5.74, 6) is -0.315. The molecule has 0 radical (unpaired) electrons. The van der Waals surface area contributed by atoms with Gasteiger partial charge in [-0.15, -0.1) is 0 Å². The minimum Gasteiger partial charge on any atom is -0.377 e. The highest BCUT2D eigenvalue weighted by molar-refractivity contribution is 6.33. The molecule has 0 amide bonds. The van der Waals surface area contributed by atoms with Gasteiger partial charge >= 0.3 is 0 Å². The average Bonchev–Trinajstić information content (AvgIpc) is 2.50. The zero-order valence-electron chi connectivity index (χ0n) is 12.1. The van der Waals surface area contributed by atoms with Crippen LogP contribution in [0.5, 0.6) is 0 Å². The summed E-state index contributed by atoms with van der Waals surface area (Å²) in [6, 6.07) is 14.5. The molecular weight excluding hydrogens is 287 g/mol. The summed E-state index contributed by atoms with van der Waals surface area (Å²) in [5.41, 5.74) is 7.40. The van der Waals surface area contributed by atoms with Crippen LogP contribution in [0.2, 0.25) is 5.02 Å². The van der Waals surface area contributed by atoms with E-state index in [2.05, 4.69) is 17.4 Å². The molecule has 112 valence electrons. The van der Waals surface area contributed by atoms with Gasteiger partial charge < -0.3 is 11.1 Å². The number of halogens is 2. The van der Waals surface area contributed by atoms with E-state index in [0.717, 1.165) is 12.8 Å². The van der Waals surface area contributed by atoms with Gasteiger partial charge in [0, 0.05) is 12.1 Å². The minimum absolute atomic E-state index is 0.315. The van der Waals surface area contributed by atoms with Gasteiger partial charge in [-0.25, -0.2) is 4.39 Å². The van der Waals surface area contributed by atoms with Crippen molar-refractivity contribution in [1.29, 1.82) is 0 Å². The molecule has 0 heterocycles. The van der Waals surface area contributed by atoms with E-state index in [1.807, 2.05) is 25.1 Å². The standard InChI is InChI=1S/C17H20ClFN2/c1-17(12-20,10-9-13-5-3-2-4-6-13)21-16-11-14(19)7-8-15(16)18/h2-8,11,21H,9-10,12,20H2,1H3. The maximum atomic E-state index is 13.3. The molecule has 0 aromatic heterocycles. The fourth-order valence-corrected chi connectivity index (χ4v) is 2.36. The van der Waals surface area contributed by atoms with E-state index in [1.165, 1.54) is 17.7 Å². The summed E-state index contributed by atoms with van der Waals surface area (Å²) in [6.45, 7) is 2.46. The maximum Gasteiger partial charge on any atom is 0.125 e. The molecule has 21 heavy (non-hydrogen) atoms. The van der Waals surface area contributed by atoms with Gasteiger partial charge in [0.25, 0.3) is 0 Å². The van der Waals surface area contributed by atoms with Crippen LogP contribution in [-0.2, 0) is 6.42 Å². The van der Waals surface area contributed by atoms with Gasteiger partial charge in [0.05, 0.1) is 10.7 Å². The van der Waals surface area contributed by atoms with Crippen molar-refractivity contribution in [3.63, 3.8) is 0 Å². The highest BCUT2D eigenvalue weighted by Gasteiger charge is 2.23. The number of nitrogens with one attached hydrogen (secondary N) is 1. The van der Waals surface area contributed by atoms with Crippen molar-refractivity contribution in [1.82, 2.24) is 0 Å². The molecule has 4 heteroatoms. The second-order valence-electron chi connectivity index (χ2n) is 5.50. The smallest absolute Gasteiger partial charge is 0.125 e. The topological polar surface area (TPSA) is 38.0 Å². The molecule has 2 aromatic rings. The Kier molecular flexibility index (Phi) is 5.21. The van der Waals surface area contributed by atoms with E-state index in [0.29, 0.717) is 17.3 Å². The van der Waals surface area contributed by atoms with Crippen molar-refractivity contribution in [3.05, 3.63) is 64.9 Å². The molecule has 0 fully saturated rings. The molecule has 2 aromatic carbocycles. The molecule has 1 unspecified atom stereocenters. The van der Waals surface area contributed by atoms with Crippen molar-refractivity contribution in [2.75, 3.05) is 11.9 Å². The molecule has 0 saturated carbocycles. The van der Waals surface area contributed by atoms with Crippen LogP contribution in [0, 0.1) is 5.82 Å². The first kappa shape index (κ1) is 15.8. The van der Waals surface area contributed by atoms with Crippen LogP contribution in [0.3, 0.4) is 0 Å². The van der Waals surface area contributed by atoms with Gasteiger partial charge in [0.2, 0.25) is 0 Å². The lowest BCUT2D eigenvalue weighted by Crippen LogP contribution is -2.43. The third-order valence-corrected chi connectivity index (χ3v) is 3.95. The first-order chi connectivity index (χ1) is 10.0. The van der Waals surface area contributed by atoms with Gasteiger partial charge in [-0.3, -0.25) is 0 Å². The molecule has 0 saturated heterocycles. The van der Waals surface area contributed by atoms with Gasteiger partial charge in [-0.05, 0) is 43.5 Å². The summed E-state index contributed by atoms with van der Waals surface area (Å²) in [5, 5.41) is 3.78. The number of rotatable bonds is 6. The highest BCUT2D eigenvalue weighted by atomic mass is 35.5. The van der Waals surface area contributed by atoms with Crippen molar-refractivity contribution < 1.29 is 4.39 Å². The van der Waals surface area contributed by atoms with E-state index in [1.54, 1.807) is 6.07 Å². The summed E-state index contributed by atoms with van der Waals surface area (Å²) in [6.07, 6.45) is 1.73. The van der Waals surface area contributed by atoms with Crippen LogP contribution < -0.4 is 11.1 Å². The molecule has 0 aliphatic rings. The van der Waals surface area contributed by atoms with Gasteiger partial charge in [0.15, 0.2) is 0 Å². The minimum atomic E-state index is -0.340. The SMILES string of the molecule is CC(CN)(CCc1ccccc1)Nc1cc(F)ccc1Cl. The predicted octanol–water partition coefficient (Wildman–Crippen LogP) is 4.24. The predicted molar refractivity (Wildman–Crippen MR) is 87.3 cm³/mol. The van der Waals surface area contributed by atoms with Crippen LogP contribution in [-0.4, -0.2) is 12.1 Å². The lowest BCUT2D eigenvalue weighted by atomic mass is 9.93. The number of hydrogen-bond acceptors (Lipinski definition) is 2. The Bertz CT molecular complexity index is 589. The molecule has 0 bridgehead atoms. The van der Waals surface area contributed by atoms with Crippen LogP contribution in [0.1, 0.15) is 18.9 Å². The Morgan fingerprint density at radius 2 is 1.90 bits per heavy atom. The van der Waals surface area contributed by atoms with Crippen molar-refractivity contribution in [2.45, 2.75) is 25.3 Å². The average molecular weight is 307 g/mol. The highest BCUT2D eigenvalue weighted by Crippen LogP contribution is 2.27. The monoisotopic (exact) mass is 306 g/mol. The zero-order valence-corrected chi connectivity index (χ0v) is 12.8. The summed E-state index contributed by atoms with van der Waals surface area (Å²) < 4.78 is 13.3. The lowest BCUT2D eigenvalue weighted by Gasteiger charge is -2.31. The Morgan fingerprint density at radius 3 is 2.57 bits per heavy atom. The molecule has 0 aliphatic heterocycles. The van der Waals surface area contributed by atoms with Crippen LogP contribution in [0.4, 0.5) is 10.1 Å². The zero-order chi connectivity index (χ0) is 15.3. The lowest BCUT2D eigenvalue weighted by molar-refractivity contribution is 0.482. The molecule has 0 aliphatic carbocycles. The maximum absolute atomic E-state index is 13.3. The molecule has 3 N–H and O–H groups in total. The number of anilines is 1. The van der Waals surface area contributed by atoms with E-state index in [9.17, 15) is 4.39 Å². The molecule has 2 rings (SSSR count). The van der Waals surface area contributed by atoms with Crippen molar-refractivity contribution in [3.8, 4) is 0 Å². The third kappa shape index (κ3) is 4.45. The number of aryl methyl sites for hydroxylation is 1. The third-order valence-electron chi connectivity index (χ3n) is 3.62. The van der Waals surface area contributed by atoms with Crippen molar-refractivity contribution >= 4 is 17.3 Å². The Hall–Kier alpha value is -1.58.